The Morgan fingerprint density at radius 3 is 2.22 bits per heavy atom. The average Bonchev–Trinajstić information content (AvgIpc) is 2.61. The monoisotopic (exact) mass is 315 g/mol. The van der Waals surface area contributed by atoms with Gasteiger partial charge in [0.15, 0.2) is 0 Å². The molecule has 0 heterocycles. The molecule has 0 fully saturated rings. The number of alkyl carbamates (subject to hydrolysis) is 1. The fourth-order valence-electron chi connectivity index (χ4n) is 2.04. The molecule has 0 aromatic heterocycles. The predicted molar refractivity (Wildman–Crippen MR) is 87.3 cm³/mol. The van der Waals surface area contributed by atoms with E-state index in [0.29, 0.717) is 13.0 Å². The normalized spacial score (nSPS) is 10.2. The lowest BCUT2D eigenvalue weighted by molar-refractivity contribution is 0.140. The molecule has 2 N–H and O–H groups in total. The van der Waals surface area contributed by atoms with Crippen molar-refractivity contribution in [3.05, 3.63) is 65.2 Å². The van der Waals surface area contributed by atoms with Crippen molar-refractivity contribution in [1.29, 1.82) is 0 Å². The Bertz CT molecular complexity index is 608. The Kier molecular flexibility index (Phi) is 6.44. The van der Waals surface area contributed by atoms with Crippen molar-refractivity contribution in [3.8, 4) is 5.75 Å². The first kappa shape index (κ1) is 16.8. The minimum absolute atomic E-state index is 0.0379. The van der Waals surface area contributed by atoms with E-state index >= 15 is 0 Å². The van der Waals surface area contributed by atoms with Crippen LogP contribution in [0.25, 0.3) is 0 Å². The smallest absolute Gasteiger partial charge is 0.407 e. The van der Waals surface area contributed by atoms with Gasteiger partial charge in [-0.05, 0) is 35.2 Å². The van der Waals surface area contributed by atoms with Crippen molar-refractivity contribution >= 4 is 6.09 Å². The van der Waals surface area contributed by atoms with Crippen molar-refractivity contribution < 1.29 is 19.4 Å². The fraction of sp³-hybridized carbons (Fsp3) is 0.278. The molecule has 0 aliphatic heterocycles. The van der Waals surface area contributed by atoms with Crippen molar-refractivity contribution in [3.63, 3.8) is 0 Å². The molecule has 5 heteroatoms. The molecule has 23 heavy (non-hydrogen) atoms. The summed E-state index contributed by atoms with van der Waals surface area (Å²) < 4.78 is 10.2. The van der Waals surface area contributed by atoms with Gasteiger partial charge in [-0.25, -0.2) is 4.79 Å². The molecule has 0 saturated heterocycles. The predicted octanol–water partition coefficient (Wildman–Crippen LogP) is 2.66. The molecule has 0 radical (unpaired) electrons. The third-order valence-corrected chi connectivity index (χ3v) is 3.42. The first-order chi connectivity index (χ1) is 11.2. The number of benzene rings is 2. The number of rotatable bonds is 7. The van der Waals surface area contributed by atoms with Gasteiger partial charge in [-0.15, -0.1) is 0 Å². The molecule has 0 unspecified atom stereocenters. The third-order valence-electron chi connectivity index (χ3n) is 3.42. The number of hydrogen-bond donors (Lipinski definition) is 2. The summed E-state index contributed by atoms with van der Waals surface area (Å²) in [6, 6.07) is 15.0. The number of methoxy groups -OCH3 is 1. The summed E-state index contributed by atoms with van der Waals surface area (Å²) in [5.74, 6) is 0.769. The van der Waals surface area contributed by atoms with Gasteiger partial charge in [0.1, 0.15) is 12.4 Å². The second-order valence-corrected chi connectivity index (χ2v) is 5.08. The van der Waals surface area contributed by atoms with Gasteiger partial charge in [-0.1, -0.05) is 36.4 Å². The summed E-state index contributed by atoms with van der Waals surface area (Å²) in [5.41, 5.74) is 2.87. The molecular formula is C18H21NO4. The lowest BCUT2D eigenvalue weighted by atomic mass is 10.1. The molecule has 0 aliphatic carbocycles. The molecule has 0 atom stereocenters. The highest BCUT2D eigenvalue weighted by molar-refractivity contribution is 5.67. The van der Waals surface area contributed by atoms with E-state index in [9.17, 15) is 4.79 Å². The second kappa shape index (κ2) is 8.80. The quantitative estimate of drug-likeness (QED) is 0.824. The summed E-state index contributed by atoms with van der Waals surface area (Å²) >= 11 is 0. The molecular weight excluding hydrogens is 294 g/mol. The highest BCUT2D eigenvalue weighted by Gasteiger charge is 2.03. The molecule has 1 amide bonds. The Labute approximate surface area is 135 Å². The lowest BCUT2D eigenvalue weighted by Crippen LogP contribution is -2.26. The van der Waals surface area contributed by atoms with Gasteiger partial charge in [0, 0.05) is 6.54 Å². The van der Waals surface area contributed by atoms with Crippen LogP contribution in [0.2, 0.25) is 0 Å². The van der Waals surface area contributed by atoms with Crippen LogP contribution in [0.4, 0.5) is 4.79 Å². The van der Waals surface area contributed by atoms with E-state index in [-0.39, 0.29) is 13.2 Å². The SMILES string of the molecule is COc1ccc(COC(=O)NCCc2ccc(CO)cc2)cc1. The van der Waals surface area contributed by atoms with E-state index in [1.165, 1.54) is 0 Å². The molecule has 2 rings (SSSR count). The van der Waals surface area contributed by atoms with Crippen molar-refractivity contribution in [2.24, 2.45) is 0 Å². The Morgan fingerprint density at radius 2 is 1.61 bits per heavy atom. The Morgan fingerprint density at radius 1 is 1.00 bits per heavy atom. The van der Waals surface area contributed by atoms with Crippen LogP contribution in [-0.4, -0.2) is 24.9 Å². The Hall–Kier alpha value is -2.53. The molecule has 0 saturated carbocycles. The molecule has 2 aromatic carbocycles. The topological polar surface area (TPSA) is 67.8 Å². The fourth-order valence-corrected chi connectivity index (χ4v) is 2.04. The average molecular weight is 315 g/mol. The van der Waals surface area contributed by atoms with Crippen LogP contribution in [0.1, 0.15) is 16.7 Å². The summed E-state index contributed by atoms with van der Waals surface area (Å²) in [5, 5.41) is 11.7. The third kappa shape index (κ3) is 5.64. The van der Waals surface area contributed by atoms with Gasteiger partial charge in [0.2, 0.25) is 0 Å². The van der Waals surface area contributed by atoms with Crippen LogP contribution in [0.3, 0.4) is 0 Å². The van der Waals surface area contributed by atoms with Gasteiger partial charge >= 0.3 is 6.09 Å². The molecule has 2 aromatic rings. The van der Waals surface area contributed by atoms with E-state index < -0.39 is 6.09 Å². The van der Waals surface area contributed by atoms with Crippen LogP contribution in [0.15, 0.2) is 48.5 Å². The zero-order valence-corrected chi connectivity index (χ0v) is 13.1. The van der Waals surface area contributed by atoms with Crippen LogP contribution in [-0.2, 0) is 24.4 Å². The number of hydrogen-bond acceptors (Lipinski definition) is 4. The molecule has 0 spiro atoms. The number of amides is 1. The number of aliphatic hydroxyl groups is 1. The summed E-state index contributed by atoms with van der Waals surface area (Å²) in [7, 11) is 1.61. The zero-order valence-electron chi connectivity index (χ0n) is 13.1. The number of ether oxygens (including phenoxy) is 2. The second-order valence-electron chi connectivity index (χ2n) is 5.08. The summed E-state index contributed by atoms with van der Waals surface area (Å²) in [6.45, 7) is 0.761. The van der Waals surface area contributed by atoms with Gasteiger partial charge in [-0.2, -0.15) is 0 Å². The number of carbonyl (C=O) groups is 1. The molecule has 0 aliphatic rings. The van der Waals surface area contributed by atoms with E-state index in [4.69, 9.17) is 14.6 Å². The highest BCUT2D eigenvalue weighted by Crippen LogP contribution is 2.12. The minimum atomic E-state index is -0.437. The Balaban J connectivity index is 1.67. The van der Waals surface area contributed by atoms with Crippen molar-refractivity contribution in [1.82, 2.24) is 5.32 Å². The van der Waals surface area contributed by atoms with Crippen LogP contribution < -0.4 is 10.1 Å². The van der Waals surface area contributed by atoms with E-state index in [1.807, 2.05) is 48.5 Å². The van der Waals surface area contributed by atoms with E-state index in [2.05, 4.69) is 5.32 Å². The lowest BCUT2D eigenvalue weighted by Gasteiger charge is -2.08. The maximum Gasteiger partial charge on any atom is 0.407 e. The maximum absolute atomic E-state index is 11.6. The summed E-state index contributed by atoms with van der Waals surface area (Å²) in [6.07, 6.45) is 0.274. The largest absolute Gasteiger partial charge is 0.497 e. The number of nitrogens with one attached hydrogen (secondary N) is 1. The van der Waals surface area contributed by atoms with E-state index in [1.54, 1.807) is 7.11 Å². The van der Waals surface area contributed by atoms with Gasteiger partial charge in [-0.3, -0.25) is 0 Å². The van der Waals surface area contributed by atoms with Crippen LogP contribution >= 0.6 is 0 Å². The van der Waals surface area contributed by atoms with Crippen LogP contribution in [0.5, 0.6) is 5.75 Å². The standard InChI is InChI=1S/C18H21NO4/c1-22-17-8-6-16(7-9-17)13-23-18(21)19-11-10-14-2-4-15(12-20)5-3-14/h2-9,20H,10-13H2,1H3,(H,19,21). The van der Waals surface area contributed by atoms with Gasteiger partial charge < -0.3 is 19.9 Å². The summed E-state index contributed by atoms with van der Waals surface area (Å²) in [4.78, 5) is 11.6. The number of aliphatic hydroxyl groups excluding tert-OH is 1. The minimum Gasteiger partial charge on any atom is -0.497 e. The van der Waals surface area contributed by atoms with Gasteiger partial charge in [0.25, 0.3) is 0 Å². The molecule has 122 valence electrons. The first-order valence-corrected chi connectivity index (χ1v) is 7.43. The van der Waals surface area contributed by atoms with E-state index in [0.717, 1.165) is 22.4 Å². The van der Waals surface area contributed by atoms with Crippen LogP contribution in [0, 0.1) is 0 Å². The van der Waals surface area contributed by atoms with Gasteiger partial charge in [0.05, 0.1) is 13.7 Å². The zero-order chi connectivity index (χ0) is 16.5. The molecule has 0 bridgehead atoms. The maximum atomic E-state index is 11.6. The van der Waals surface area contributed by atoms with Crippen molar-refractivity contribution in [2.45, 2.75) is 19.6 Å². The van der Waals surface area contributed by atoms with Crippen molar-refractivity contribution in [2.75, 3.05) is 13.7 Å². The highest BCUT2D eigenvalue weighted by atomic mass is 16.5. The first-order valence-electron chi connectivity index (χ1n) is 7.43. The number of carbonyl (C=O) groups excluding carboxylic acids is 1. The molecule has 5 nitrogen and oxygen atoms in total.